The maximum atomic E-state index is 13.3. The summed E-state index contributed by atoms with van der Waals surface area (Å²) in [4.78, 5) is 23.0. The van der Waals surface area contributed by atoms with Crippen molar-refractivity contribution in [1.82, 2.24) is 14.9 Å². The number of likely N-dealkylation sites (tertiary alicyclic amines) is 1. The summed E-state index contributed by atoms with van der Waals surface area (Å²) in [7, 11) is 1.67. The Labute approximate surface area is 188 Å². The van der Waals surface area contributed by atoms with E-state index in [0.29, 0.717) is 12.8 Å². The standard InChI is InChI=1S/C27H27N3O2/c1-32-21-10-8-20(9-11-21)27-23(22-5-2-3-6-24(22)29-27)12-13-26(31)30-18-4-7-25(30)19-14-16-28-17-15-19/h2-3,5-6,8-11,14-17,25,29H,4,7,12-13,18H2,1H3/t25-/m0/s1. The van der Waals surface area contributed by atoms with Gasteiger partial charge in [-0.3, -0.25) is 9.78 Å². The summed E-state index contributed by atoms with van der Waals surface area (Å²) in [6.07, 6.45) is 6.87. The highest BCUT2D eigenvalue weighted by Gasteiger charge is 2.29. The van der Waals surface area contributed by atoms with Crippen molar-refractivity contribution in [3.63, 3.8) is 0 Å². The number of aromatic amines is 1. The molecule has 1 atom stereocenters. The Kier molecular flexibility index (Phi) is 5.63. The summed E-state index contributed by atoms with van der Waals surface area (Å²) in [5.74, 6) is 1.05. The third-order valence-corrected chi connectivity index (χ3v) is 6.45. The third kappa shape index (κ3) is 3.86. The molecule has 1 saturated heterocycles. The van der Waals surface area contributed by atoms with Gasteiger partial charge in [0.15, 0.2) is 0 Å². The first kappa shape index (κ1) is 20.3. The lowest BCUT2D eigenvalue weighted by molar-refractivity contribution is -0.132. The summed E-state index contributed by atoms with van der Waals surface area (Å²) in [5.41, 5.74) is 5.64. The van der Waals surface area contributed by atoms with Gasteiger partial charge in [-0.25, -0.2) is 0 Å². The number of benzene rings is 2. The molecule has 0 aliphatic carbocycles. The second-order valence-corrected chi connectivity index (χ2v) is 8.28. The minimum atomic E-state index is 0.162. The number of nitrogens with one attached hydrogen (secondary N) is 1. The number of amides is 1. The van der Waals surface area contributed by atoms with Gasteiger partial charge in [0.2, 0.25) is 5.91 Å². The first-order valence-corrected chi connectivity index (χ1v) is 11.2. The second kappa shape index (κ2) is 8.87. The molecule has 0 radical (unpaired) electrons. The van der Waals surface area contributed by atoms with Crippen LogP contribution < -0.4 is 4.74 Å². The number of methoxy groups -OCH3 is 1. The molecule has 32 heavy (non-hydrogen) atoms. The monoisotopic (exact) mass is 425 g/mol. The smallest absolute Gasteiger partial charge is 0.223 e. The quantitative estimate of drug-likeness (QED) is 0.442. The van der Waals surface area contributed by atoms with Crippen molar-refractivity contribution >= 4 is 16.8 Å². The second-order valence-electron chi connectivity index (χ2n) is 8.28. The van der Waals surface area contributed by atoms with Crippen LogP contribution >= 0.6 is 0 Å². The predicted octanol–water partition coefficient (Wildman–Crippen LogP) is 5.53. The number of H-pyrrole nitrogens is 1. The van der Waals surface area contributed by atoms with E-state index in [1.807, 2.05) is 42.7 Å². The van der Waals surface area contributed by atoms with E-state index in [9.17, 15) is 4.79 Å². The Bertz CT molecular complexity index is 1210. The van der Waals surface area contributed by atoms with Crippen LogP contribution in [0.15, 0.2) is 73.1 Å². The summed E-state index contributed by atoms with van der Waals surface area (Å²) in [6, 6.07) is 20.6. The molecule has 1 N–H and O–H groups in total. The molecule has 4 aromatic rings. The Hall–Kier alpha value is -3.60. The number of carbonyl (C=O) groups excluding carboxylic acids is 1. The van der Waals surface area contributed by atoms with Gasteiger partial charge >= 0.3 is 0 Å². The van der Waals surface area contributed by atoms with Gasteiger partial charge < -0.3 is 14.6 Å². The van der Waals surface area contributed by atoms with E-state index in [1.54, 1.807) is 7.11 Å². The predicted molar refractivity (Wildman–Crippen MR) is 127 cm³/mol. The van der Waals surface area contributed by atoms with Crippen molar-refractivity contribution in [3.8, 4) is 17.0 Å². The van der Waals surface area contributed by atoms with E-state index in [0.717, 1.165) is 41.9 Å². The zero-order chi connectivity index (χ0) is 21.9. The van der Waals surface area contributed by atoms with Crippen LogP contribution in [0.2, 0.25) is 0 Å². The normalized spacial score (nSPS) is 15.9. The first-order chi connectivity index (χ1) is 15.7. The van der Waals surface area contributed by atoms with Crippen molar-refractivity contribution in [1.29, 1.82) is 0 Å². The molecule has 0 unspecified atom stereocenters. The lowest BCUT2D eigenvalue weighted by Gasteiger charge is -2.25. The largest absolute Gasteiger partial charge is 0.497 e. The van der Waals surface area contributed by atoms with Crippen LogP contribution in [0.1, 0.15) is 36.4 Å². The lowest BCUT2D eigenvalue weighted by atomic mass is 10.00. The van der Waals surface area contributed by atoms with E-state index in [4.69, 9.17) is 4.74 Å². The highest BCUT2D eigenvalue weighted by molar-refractivity contribution is 5.91. The van der Waals surface area contributed by atoms with E-state index in [-0.39, 0.29) is 11.9 Å². The van der Waals surface area contributed by atoms with Crippen LogP contribution in [0.4, 0.5) is 0 Å². The van der Waals surface area contributed by atoms with E-state index >= 15 is 0 Å². The molecule has 5 rings (SSSR count). The molecule has 5 nitrogen and oxygen atoms in total. The molecule has 3 heterocycles. The molecule has 0 spiro atoms. The summed E-state index contributed by atoms with van der Waals surface area (Å²) in [6.45, 7) is 0.824. The van der Waals surface area contributed by atoms with Crippen LogP contribution in [0.5, 0.6) is 5.75 Å². The maximum absolute atomic E-state index is 13.3. The summed E-state index contributed by atoms with van der Waals surface area (Å²) >= 11 is 0. The van der Waals surface area contributed by atoms with Gasteiger partial charge in [-0.05, 0) is 78.4 Å². The third-order valence-electron chi connectivity index (χ3n) is 6.45. The minimum Gasteiger partial charge on any atom is -0.497 e. The Morgan fingerprint density at radius 1 is 1.09 bits per heavy atom. The van der Waals surface area contributed by atoms with Gasteiger partial charge in [0.05, 0.1) is 13.2 Å². The zero-order valence-electron chi connectivity index (χ0n) is 18.3. The number of hydrogen-bond donors (Lipinski definition) is 1. The SMILES string of the molecule is COc1ccc(-c2[nH]c3ccccc3c2CCC(=O)N2CCC[C@H]2c2ccncc2)cc1. The Balaban J connectivity index is 1.40. The number of hydrogen-bond acceptors (Lipinski definition) is 3. The van der Waals surface area contributed by atoms with Gasteiger partial charge in [0.25, 0.3) is 0 Å². The van der Waals surface area contributed by atoms with Crippen molar-refractivity contribution in [2.45, 2.75) is 31.7 Å². The van der Waals surface area contributed by atoms with E-state index < -0.39 is 0 Å². The van der Waals surface area contributed by atoms with Crippen molar-refractivity contribution in [2.24, 2.45) is 0 Å². The molecule has 162 valence electrons. The van der Waals surface area contributed by atoms with Crippen LogP contribution in [0.3, 0.4) is 0 Å². The number of pyridine rings is 1. The minimum absolute atomic E-state index is 0.162. The number of nitrogens with zero attached hydrogens (tertiary/aromatic N) is 2. The number of rotatable bonds is 6. The van der Waals surface area contributed by atoms with Crippen LogP contribution in [0.25, 0.3) is 22.2 Å². The van der Waals surface area contributed by atoms with E-state index in [2.05, 4.69) is 45.2 Å². The molecule has 1 aliphatic heterocycles. The van der Waals surface area contributed by atoms with Gasteiger partial charge in [0, 0.05) is 42.0 Å². The number of aryl methyl sites for hydroxylation is 1. The number of aromatic nitrogens is 2. The molecular weight excluding hydrogens is 398 g/mol. The summed E-state index contributed by atoms with van der Waals surface area (Å²) in [5, 5.41) is 1.18. The lowest BCUT2D eigenvalue weighted by Crippen LogP contribution is -2.30. The van der Waals surface area contributed by atoms with Gasteiger partial charge in [0.1, 0.15) is 5.75 Å². The average molecular weight is 426 g/mol. The summed E-state index contributed by atoms with van der Waals surface area (Å²) < 4.78 is 5.31. The van der Waals surface area contributed by atoms with Crippen LogP contribution in [-0.4, -0.2) is 34.4 Å². The fourth-order valence-electron chi connectivity index (χ4n) is 4.84. The topological polar surface area (TPSA) is 58.2 Å². The van der Waals surface area contributed by atoms with Crippen molar-refractivity contribution in [3.05, 3.63) is 84.2 Å². The number of fused-ring (bicyclic) bond motifs is 1. The first-order valence-electron chi connectivity index (χ1n) is 11.2. The van der Waals surface area contributed by atoms with Gasteiger partial charge in [-0.15, -0.1) is 0 Å². The zero-order valence-corrected chi connectivity index (χ0v) is 18.3. The molecule has 1 amide bonds. The molecule has 1 fully saturated rings. The van der Waals surface area contributed by atoms with Gasteiger partial charge in [-0.1, -0.05) is 18.2 Å². The van der Waals surface area contributed by atoms with Crippen LogP contribution in [0, 0.1) is 0 Å². The molecular formula is C27H27N3O2. The van der Waals surface area contributed by atoms with Crippen molar-refractivity contribution in [2.75, 3.05) is 13.7 Å². The molecule has 2 aromatic heterocycles. The van der Waals surface area contributed by atoms with Gasteiger partial charge in [-0.2, -0.15) is 0 Å². The molecule has 1 aliphatic rings. The fourth-order valence-corrected chi connectivity index (χ4v) is 4.84. The number of para-hydroxylation sites is 1. The number of carbonyl (C=O) groups is 1. The highest BCUT2D eigenvalue weighted by atomic mass is 16.5. The molecule has 2 aromatic carbocycles. The maximum Gasteiger partial charge on any atom is 0.223 e. The molecule has 5 heteroatoms. The molecule has 0 saturated carbocycles. The fraction of sp³-hybridized carbons (Fsp3) is 0.259. The Morgan fingerprint density at radius 3 is 2.66 bits per heavy atom. The highest BCUT2D eigenvalue weighted by Crippen LogP contribution is 2.35. The van der Waals surface area contributed by atoms with E-state index in [1.165, 1.54) is 16.5 Å². The average Bonchev–Trinajstić information content (AvgIpc) is 3.48. The van der Waals surface area contributed by atoms with Crippen molar-refractivity contribution < 1.29 is 9.53 Å². The van der Waals surface area contributed by atoms with Crippen LogP contribution in [-0.2, 0) is 11.2 Å². The molecule has 0 bridgehead atoms. The Morgan fingerprint density at radius 2 is 1.88 bits per heavy atom. The number of ether oxygens (including phenoxy) is 1.